The first kappa shape index (κ1) is 10.3. The number of nitrogen functional groups attached to an aromatic ring is 1. The van der Waals surface area contributed by atoms with Crippen LogP contribution >= 0.6 is 0 Å². The van der Waals surface area contributed by atoms with E-state index in [-0.39, 0.29) is 0 Å². The maximum absolute atomic E-state index is 8.72. The summed E-state index contributed by atoms with van der Waals surface area (Å²) in [5, 5.41) is 14.0. The van der Waals surface area contributed by atoms with Crippen LogP contribution in [0.3, 0.4) is 0 Å². The average molecular weight is 235 g/mol. The zero-order valence-electron chi connectivity index (χ0n) is 9.41. The average Bonchev–Trinajstić information content (AvgIpc) is 2.82. The van der Waals surface area contributed by atoms with Gasteiger partial charge in [-0.05, 0) is 30.3 Å². The Kier molecular flexibility index (Phi) is 2.21. The third kappa shape index (κ3) is 1.57. The fraction of sp³-hybridized carbons (Fsp3) is 0. The molecule has 2 N–H and O–H groups in total. The van der Waals surface area contributed by atoms with E-state index in [0.29, 0.717) is 11.4 Å². The SMILES string of the molecule is N#Cc1ccc(-n2ncc3ccc(N)cc32)cn1. The van der Waals surface area contributed by atoms with E-state index in [2.05, 4.69) is 10.1 Å². The number of pyridine rings is 1. The molecule has 2 heterocycles. The van der Waals surface area contributed by atoms with Crippen LogP contribution in [0.25, 0.3) is 16.6 Å². The van der Waals surface area contributed by atoms with E-state index in [1.807, 2.05) is 24.3 Å². The van der Waals surface area contributed by atoms with Crippen molar-refractivity contribution in [2.45, 2.75) is 0 Å². The van der Waals surface area contributed by atoms with Crippen LogP contribution in [0.2, 0.25) is 0 Å². The molecule has 0 fully saturated rings. The van der Waals surface area contributed by atoms with Crippen LogP contribution in [0, 0.1) is 11.3 Å². The number of anilines is 1. The van der Waals surface area contributed by atoms with Gasteiger partial charge in [0, 0.05) is 11.1 Å². The predicted octanol–water partition coefficient (Wildman–Crippen LogP) is 1.87. The van der Waals surface area contributed by atoms with Crippen molar-refractivity contribution in [3.63, 3.8) is 0 Å². The number of nitriles is 1. The summed E-state index contributed by atoms with van der Waals surface area (Å²) in [5.41, 5.74) is 8.56. The molecule has 3 rings (SSSR count). The van der Waals surface area contributed by atoms with E-state index in [4.69, 9.17) is 11.0 Å². The summed E-state index contributed by atoms with van der Waals surface area (Å²) < 4.78 is 1.75. The first-order chi connectivity index (χ1) is 8.78. The van der Waals surface area contributed by atoms with Gasteiger partial charge in [0.15, 0.2) is 0 Å². The van der Waals surface area contributed by atoms with Gasteiger partial charge in [0.2, 0.25) is 0 Å². The van der Waals surface area contributed by atoms with Gasteiger partial charge in [-0.2, -0.15) is 10.4 Å². The lowest BCUT2D eigenvalue weighted by Crippen LogP contribution is -1.97. The molecular weight excluding hydrogens is 226 g/mol. The number of hydrogen-bond acceptors (Lipinski definition) is 4. The normalized spacial score (nSPS) is 10.4. The maximum Gasteiger partial charge on any atom is 0.140 e. The summed E-state index contributed by atoms with van der Waals surface area (Å²) in [6, 6.07) is 11.1. The van der Waals surface area contributed by atoms with Crippen molar-refractivity contribution in [2.75, 3.05) is 5.73 Å². The molecule has 0 amide bonds. The quantitative estimate of drug-likeness (QED) is 0.653. The molecule has 86 valence electrons. The maximum atomic E-state index is 8.72. The Morgan fingerprint density at radius 3 is 2.78 bits per heavy atom. The molecule has 0 spiro atoms. The van der Waals surface area contributed by atoms with Gasteiger partial charge in [-0.3, -0.25) is 0 Å². The van der Waals surface area contributed by atoms with Crippen molar-refractivity contribution in [3.8, 4) is 11.8 Å². The molecular formula is C13H9N5. The number of hydrogen-bond donors (Lipinski definition) is 1. The highest BCUT2D eigenvalue weighted by Gasteiger charge is 2.05. The van der Waals surface area contributed by atoms with Crippen LogP contribution in [-0.2, 0) is 0 Å². The zero-order chi connectivity index (χ0) is 12.5. The largest absolute Gasteiger partial charge is 0.399 e. The number of benzene rings is 1. The third-order valence-corrected chi connectivity index (χ3v) is 2.70. The smallest absolute Gasteiger partial charge is 0.140 e. The van der Waals surface area contributed by atoms with Crippen LogP contribution in [-0.4, -0.2) is 14.8 Å². The van der Waals surface area contributed by atoms with E-state index < -0.39 is 0 Å². The predicted molar refractivity (Wildman–Crippen MR) is 68.0 cm³/mol. The molecule has 0 unspecified atom stereocenters. The molecule has 18 heavy (non-hydrogen) atoms. The minimum atomic E-state index is 0.384. The molecule has 5 heteroatoms. The lowest BCUT2D eigenvalue weighted by molar-refractivity contribution is 0.902. The minimum Gasteiger partial charge on any atom is -0.399 e. The van der Waals surface area contributed by atoms with Crippen molar-refractivity contribution in [2.24, 2.45) is 0 Å². The molecule has 0 atom stereocenters. The highest BCUT2D eigenvalue weighted by atomic mass is 15.3. The van der Waals surface area contributed by atoms with Crippen LogP contribution in [0.1, 0.15) is 5.69 Å². The number of rotatable bonds is 1. The fourth-order valence-electron chi connectivity index (χ4n) is 1.82. The van der Waals surface area contributed by atoms with Gasteiger partial charge in [0.25, 0.3) is 0 Å². The Labute approximate surface area is 103 Å². The van der Waals surface area contributed by atoms with E-state index in [9.17, 15) is 0 Å². The molecule has 0 aliphatic rings. The summed E-state index contributed by atoms with van der Waals surface area (Å²) in [5.74, 6) is 0. The van der Waals surface area contributed by atoms with Gasteiger partial charge in [-0.25, -0.2) is 9.67 Å². The molecule has 0 radical (unpaired) electrons. The molecule has 0 aliphatic heterocycles. The van der Waals surface area contributed by atoms with E-state index in [1.54, 1.807) is 29.2 Å². The van der Waals surface area contributed by atoms with Crippen LogP contribution in [0.15, 0.2) is 42.7 Å². The second kappa shape index (κ2) is 3.86. The first-order valence-electron chi connectivity index (χ1n) is 5.38. The third-order valence-electron chi connectivity index (χ3n) is 2.70. The van der Waals surface area contributed by atoms with Crippen LogP contribution < -0.4 is 5.73 Å². The van der Waals surface area contributed by atoms with Crippen molar-refractivity contribution in [3.05, 3.63) is 48.4 Å². The topological polar surface area (TPSA) is 80.5 Å². The molecule has 0 saturated carbocycles. The van der Waals surface area contributed by atoms with Crippen LogP contribution in [0.5, 0.6) is 0 Å². The molecule has 3 aromatic rings. The summed E-state index contributed by atoms with van der Waals surface area (Å²) in [6.07, 6.45) is 3.39. The number of fused-ring (bicyclic) bond motifs is 1. The van der Waals surface area contributed by atoms with Crippen LogP contribution in [0.4, 0.5) is 5.69 Å². The van der Waals surface area contributed by atoms with E-state index in [0.717, 1.165) is 16.6 Å². The Morgan fingerprint density at radius 2 is 2.06 bits per heavy atom. The second-order valence-electron chi connectivity index (χ2n) is 3.89. The number of nitrogens with two attached hydrogens (primary N) is 1. The highest BCUT2D eigenvalue weighted by Crippen LogP contribution is 2.20. The summed E-state index contributed by atoms with van der Waals surface area (Å²) >= 11 is 0. The first-order valence-corrected chi connectivity index (χ1v) is 5.38. The highest BCUT2D eigenvalue weighted by molar-refractivity contribution is 5.83. The Hall–Kier alpha value is -2.87. The summed E-state index contributed by atoms with van der Waals surface area (Å²) in [4.78, 5) is 4.03. The lowest BCUT2D eigenvalue weighted by atomic mass is 10.2. The van der Waals surface area contributed by atoms with E-state index in [1.165, 1.54) is 0 Å². The lowest BCUT2D eigenvalue weighted by Gasteiger charge is -2.03. The van der Waals surface area contributed by atoms with Crippen molar-refractivity contribution < 1.29 is 0 Å². The minimum absolute atomic E-state index is 0.384. The summed E-state index contributed by atoms with van der Waals surface area (Å²) in [6.45, 7) is 0. The summed E-state index contributed by atoms with van der Waals surface area (Å²) in [7, 11) is 0. The monoisotopic (exact) mass is 235 g/mol. The fourth-order valence-corrected chi connectivity index (χ4v) is 1.82. The van der Waals surface area contributed by atoms with Gasteiger partial charge in [0.05, 0.1) is 23.6 Å². The van der Waals surface area contributed by atoms with Gasteiger partial charge in [0.1, 0.15) is 11.8 Å². The van der Waals surface area contributed by atoms with Crippen molar-refractivity contribution in [1.82, 2.24) is 14.8 Å². The second-order valence-corrected chi connectivity index (χ2v) is 3.89. The van der Waals surface area contributed by atoms with Gasteiger partial charge in [-0.15, -0.1) is 0 Å². The Bertz CT molecular complexity index is 749. The van der Waals surface area contributed by atoms with Crippen molar-refractivity contribution in [1.29, 1.82) is 5.26 Å². The van der Waals surface area contributed by atoms with Crippen molar-refractivity contribution >= 4 is 16.6 Å². The Morgan fingerprint density at radius 1 is 1.17 bits per heavy atom. The van der Waals surface area contributed by atoms with Gasteiger partial charge < -0.3 is 5.73 Å². The Balaban J connectivity index is 2.19. The standard InChI is InChI=1S/C13H9N5/c14-6-11-3-4-12(8-16-11)18-13-5-10(15)2-1-9(13)7-17-18/h1-5,7-8H,15H2. The molecule has 2 aromatic heterocycles. The molecule has 5 nitrogen and oxygen atoms in total. The number of nitrogens with zero attached hydrogens (tertiary/aromatic N) is 4. The van der Waals surface area contributed by atoms with E-state index >= 15 is 0 Å². The molecule has 0 bridgehead atoms. The number of aromatic nitrogens is 3. The molecule has 0 saturated heterocycles. The van der Waals surface area contributed by atoms with Gasteiger partial charge >= 0.3 is 0 Å². The van der Waals surface area contributed by atoms with Gasteiger partial charge in [-0.1, -0.05) is 0 Å². The molecule has 1 aromatic carbocycles. The molecule has 0 aliphatic carbocycles. The zero-order valence-corrected chi connectivity index (χ0v) is 9.41.